The van der Waals surface area contributed by atoms with E-state index in [1.807, 2.05) is 5.38 Å². The van der Waals surface area contributed by atoms with Crippen LogP contribution in [0, 0.1) is 5.82 Å². The number of rotatable bonds is 9. The van der Waals surface area contributed by atoms with E-state index in [0.29, 0.717) is 40.6 Å². The topological polar surface area (TPSA) is 104 Å². The zero-order chi connectivity index (χ0) is 25.7. The van der Waals surface area contributed by atoms with Gasteiger partial charge in [0.2, 0.25) is 0 Å². The van der Waals surface area contributed by atoms with Crippen LogP contribution in [0.5, 0.6) is 0 Å². The molecule has 2 atom stereocenters. The highest BCUT2D eigenvalue weighted by Gasteiger charge is 2.36. The number of thiazole rings is 1. The van der Waals surface area contributed by atoms with Gasteiger partial charge < -0.3 is 15.2 Å². The third kappa shape index (κ3) is 6.26. The number of aromatic nitrogens is 1. The summed E-state index contributed by atoms with van der Waals surface area (Å²) in [6, 6.07) is 3.22. The molecule has 1 aromatic heterocycles. The Kier molecular flexibility index (Phi) is 9.00. The number of carboxylic acid groups (broad SMARTS) is 1. The highest BCUT2D eigenvalue weighted by atomic mass is 35.5. The van der Waals surface area contributed by atoms with E-state index in [9.17, 15) is 19.1 Å². The molecule has 3 heterocycles. The average molecular weight is 553 g/mol. The van der Waals surface area contributed by atoms with E-state index in [2.05, 4.69) is 15.2 Å². The first-order valence-electron chi connectivity index (χ1n) is 11.5. The van der Waals surface area contributed by atoms with Gasteiger partial charge in [-0.2, -0.15) is 11.8 Å². The van der Waals surface area contributed by atoms with Gasteiger partial charge in [0.1, 0.15) is 11.9 Å². The number of benzene rings is 1. The van der Waals surface area contributed by atoms with Crippen molar-refractivity contribution in [3.8, 4) is 0 Å². The Hall–Kier alpha value is -2.47. The van der Waals surface area contributed by atoms with Gasteiger partial charge in [-0.05, 0) is 25.5 Å². The fourth-order valence-corrected chi connectivity index (χ4v) is 6.26. The quantitative estimate of drug-likeness (QED) is 0.448. The van der Waals surface area contributed by atoms with Crippen LogP contribution in [0.1, 0.15) is 36.4 Å². The van der Waals surface area contributed by atoms with E-state index in [1.165, 1.54) is 29.5 Å². The largest absolute Gasteiger partial charge is 0.481 e. The summed E-state index contributed by atoms with van der Waals surface area (Å²) in [4.78, 5) is 35.8. The average Bonchev–Trinajstić information content (AvgIpc) is 3.38. The van der Waals surface area contributed by atoms with Gasteiger partial charge in [-0.25, -0.2) is 14.2 Å². The molecule has 192 valence electrons. The maximum atomic E-state index is 13.9. The second kappa shape index (κ2) is 12.2. The lowest BCUT2D eigenvalue weighted by Gasteiger charge is -2.37. The van der Waals surface area contributed by atoms with Crippen molar-refractivity contribution in [2.75, 3.05) is 31.2 Å². The maximum absolute atomic E-state index is 13.9. The minimum atomic E-state index is -0.836. The molecule has 0 unspecified atom stereocenters. The number of nitrogens with one attached hydrogen (secondary N) is 1. The zero-order valence-corrected chi connectivity index (χ0v) is 22.0. The molecule has 2 N–H and O–H groups in total. The van der Waals surface area contributed by atoms with Crippen molar-refractivity contribution < 1.29 is 23.8 Å². The summed E-state index contributed by atoms with van der Waals surface area (Å²) < 4.78 is 19.3. The lowest BCUT2D eigenvalue weighted by molar-refractivity contribution is -0.139. The Balaban J connectivity index is 1.78. The number of amidine groups is 1. The van der Waals surface area contributed by atoms with E-state index in [1.54, 1.807) is 24.9 Å². The Morgan fingerprint density at radius 3 is 2.92 bits per heavy atom. The standard InChI is InChI=1S/C24H26ClFN4O4S2/c1-2-34-24(33)20-18(12-30-8-10-35-13-15(30)4-6-19(31)32)28-22(23-27-7-9-36-23)29-21(20)16-5-3-14(26)11-17(16)25/h3,5,7,9,11,15,21H,2,4,6,8,10,12-13H2,1H3,(H,28,29)(H,31,32)/t15-,21+/m1/s1. The lowest BCUT2D eigenvalue weighted by Crippen LogP contribution is -2.47. The first kappa shape index (κ1) is 26.6. The molecule has 0 bridgehead atoms. The van der Waals surface area contributed by atoms with Crippen molar-refractivity contribution in [3.05, 3.63) is 62.5 Å². The van der Waals surface area contributed by atoms with E-state index in [-0.39, 0.29) is 24.1 Å². The van der Waals surface area contributed by atoms with Crippen LogP contribution < -0.4 is 5.32 Å². The first-order chi connectivity index (χ1) is 17.4. The Morgan fingerprint density at radius 1 is 1.39 bits per heavy atom. The van der Waals surface area contributed by atoms with E-state index >= 15 is 0 Å². The SMILES string of the molecule is CCOC(=O)C1=C(CN2CCSC[C@H]2CCC(=O)O)NC(c2nccs2)=N[C@H]1c1ccc(F)cc1Cl. The number of halogens is 2. The highest BCUT2D eigenvalue weighted by molar-refractivity contribution is 7.99. The predicted molar refractivity (Wildman–Crippen MR) is 139 cm³/mol. The number of hydrogen-bond acceptors (Lipinski definition) is 9. The van der Waals surface area contributed by atoms with Crippen molar-refractivity contribution in [3.63, 3.8) is 0 Å². The van der Waals surface area contributed by atoms with Crippen LogP contribution in [0.25, 0.3) is 0 Å². The lowest BCUT2D eigenvalue weighted by atomic mass is 9.95. The monoisotopic (exact) mass is 552 g/mol. The van der Waals surface area contributed by atoms with Crippen molar-refractivity contribution in [2.24, 2.45) is 4.99 Å². The number of ether oxygens (including phenoxy) is 1. The molecule has 4 rings (SSSR count). The summed E-state index contributed by atoms with van der Waals surface area (Å²) in [6.45, 7) is 2.99. The van der Waals surface area contributed by atoms with Gasteiger partial charge in [0.15, 0.2) is 10.8 Å². The molecule has 0 aliphatic carbocycles. The van der Waals surface area contributed by atoms with Crippen LogP contribution >= 0.6 is 34.7 Å². The van der Waals surface area contributed by atoms with E-state index in [0.717, 1.165) is 18.1 Å². The van der Waals surface area contributed by atoms with Gasteiger partial charge in [-0.3, -0.25) is 14.7 Å². The Bertz CT molecular complexity index is 1170. The normalized spacial score (nSPS) is 20.6. The van der Waals surface area contributed by atoms with Gasteiger partial charge >= 0.3 is 11.9 Å². The second-order valence-electron chi connectivity index (χ2n) is 8.25. The molecule has 1 fully saturated rings. The first-order valence-corrected chi connectivity index (χ1v) is 13.9. The van der Waals surface area contributed by atoms with Gasteiger partial charge in [0.25, 0.3) is 0 Å². The van der Waals surface area contributed by atoms with Crippen molar-refractivity contribution >= 4 is 52.5 Å². The van der Waals surface area contributed by atoms with Crippen molar-refractivity contribution in [1.82, 2.24) is 15.2 Å². The number of carbonyl (C=O) groups is 2. The number of aliphatic imine (C=N–C) groups is 1. The van der Waals surface area contributed by atoms with Gasteiger partial charge in [-0.15, -0.1) is 11.3 Å². The molecular formula is C24H26ClFN4O4S2. The minimum absolute atomic E-state index is 0.0348. The number of aliphatic carboxylic acids is 1. The number of thioether (sulfide) groups is 1. The van der Waals surface area contributed by atoms with Crippen molar-refractivity contribution in [1.29, 1.82) is 0 Å². The molecule has 2 aliphatic rings. The van der Waals surface area contributed by atoms with Crippen LogP contribution in [0.4, 0.5) is 4.39 Å². The van der Waals surface area contributed by atoms with Crippen LogP contribution in [-0.4, -0.2) is 70.0 Å². The molecule has 0 radical (unpaired) electrons. The maximum Gasteiger partial charge on any atom is 0.338 e. The van der Waals surface area contributed by atoms with Gasteiger partial charge in [0, 0.05) is 64.9 Å². The molecule has 8 nitrogen and oxygen atoms in total. The smallest absolute Gasteiger partial charge is 0.338 e. The predicted octanol–water partition coefficient (Wildman–Crippen LogP) is 4.13. The molecule has 1 aromatic carbocycles. The van der Waals surface area contributed by atoms with E-state index in [4.69, 9.17) is 21.3 Å². The molecule has 36 heavy (non-hydrogen) atoms. The second-order valence-corrected chi connectivity index (χ2v) is 10.7. The van der Waals surface area contributed by atoms with Crippen LogP contribution in [-0.2, 0) is 14.3 Å². The highest BCUT2D eigenvalue weighted by Crippen LogP contribution is 2.37. The number of nitrogens with zero attached hydrogens (tertiary/aromatic N) is 3. The molecular weight excluding hydrogens is 527 g/mol. The summed E-state index contributed by atoms with van der Waals surface area (Å²) in [5.74, 6) is 0.308. The summed E-state index contributed by atoms with van der Waals surface area (Å²) in [6.07, 6.45) is 2.24. The molecule has 12 heteroatoms. The van der Waals surface area contributed by atoms with E-state index < -0.39 is 23.8 Å². The summed E-state index contributed by atoms with van der Waals surface area (Å²) in [5, 5.41) is 15.1. The van der Waals surface area contributed by atoms with Crippen molar-refractivity contribution in [2.45, 2.75) is 31.8 Å². The van der Waals surface area contributed by atoms with Crippen LogP contribution in [0.3, 0.4) is 0 Å². The third-order valence-electron chi connectivity index (χ3n) is 5.92. The third-order valence-corrected chi connectivity index (χ3v) is 8.11. The fraction of sp³-hybridized carbons (Fsp3) is 0.417. The minimum Gasteiger partial charge on any atom is -0.481 e. The zero-order valence-electron chi connectivity index (χ0n) is 19.6. The molecule has 0 saturated carbocycles. The molecule has 0 spiro atoms. The summed E-state index contributed by atoms with van der Waals surface area (Å²) in [5.41, 5.74) is 1.36. The van der Waals surface area contributed by atoms with Gasteiger partial charge in [-0.1, -0.05) is 17.7 Å². The molecule has 0 amide bonds. The number of hydrogen-bond donors (Lipinski definition) is 2. The number of esters is 1. The number of carbonyl (C=O) groups excluding carboxylic acids is 1. The fourth-order valence-electron chi connectivity index (χ4n) is 4.22. The Labute approximate surface area is 221 Å². The number of carboxylic acids is 1. The van der Waals surface area contributed by atoms with Gasteiger partial charge in [0.05, 0.1) is 12.2 Å². The summed E-state index contributed by atoms with van der Waals surface area (Å²) in [7, 11) is 0. The summed E-state index contributed by atoms with van der Waals surface area (Å²) >= 11 is 9.61. The molecule has 1 saturated heterocycles. The Morgan fingerprint density at radius 2 is 2.22 bits per heavy atom. The molecule has 2 aliphatic heterocycles. The van der Waals surface area contributed by atoms with Crippen LogP contribution in [0.2, 0.25) is 5.02 Å². The molecule has 2 aromatic rings. The van der Waals surface area contributed by atoms with Crippen LogP contribution in [0.15, 0.2) is 46.0 Å².